The fourth-order valence-corrected chi connectivity index (χ4v) is 5.70. The molecule has 2 atom stereocenters. The standard InChI is InChI=1S/C25H31Cl2N7O4S/c1-5-38-24(36)22-20(16-10-30-17(11-29-16)28-7-9-37-4)33-25(39-22)34-8-6-15(13(2)12-34)32-23(35)21-19(27)18(26)14(3)31-21/h10-11,13,15,31H,5-9,12H2,1-4H3,(H,28,30)(H,32,35)/t13-,15?/m0/s1. The van der Waals surface area contributed by atoms with Crippen LogP contribution >= 0.6 is 34.5 Å². The van der Waals surface area contributed by atoms with Crippen LogP contribution in [-0.4, -0.2) is 77.8 Å². The number of H-pyrrole nitrogens is 1. The first-order chi connectivity index (χ1) is 18.7. The van der Waals surface area contributed by atoms with Crippen molar-refractivity contribution in [2.75, 3.05) is 50.2 Å². The quantitative estimate of drug-likeness (QED) is 0.230. The second-order valence-electron chi connectivity index (χ2n) is 9.15. The molecule has 11 nitrogen and oxygen atoms in total. The average molecular weight is 597 g/mol. The number of hydrogen-bond acceptors (Lipinski definition) is 10. The monoisotopic (exact) mass is 595 g/mol. The lowest BCUT2D eigenvalue weighted by atomic mass is 9.94. The summed E-state index contributed by atoms with van der Waals surface area (Å²) < 4.78 is 10.3. The van der Waals surface area contributed by atoms with E-state index in [4.69, 9.17) is 37.7 Å². The van der Waals surface area contributed by atoms with Gasteiger partial charge in [-0.25, -0.2) is 19.7 Å². The van der Waals surface area contributed by atoms with E-state index >= 15 is 0 Å². The molecule has 1 fully saturated rings. The van der Waals surface area contributed by atoms with Gasteiger partial charge in [0.1, 0.15) is 27.8 Å². The molecular formula is C25H31Cl2N7O4S. The number of aryl methyl sites for hydroxylation is 1. The molecule has 3 aromatic heterocycles. The molecule has 0 radical (unpaired) electrons. The number of piperidine rings is 1. The SMILES string of the molecule is CCOC(=O)c1sc(N2CCC(NC(=O)c3[nH]c(C)c(Cl)c3Cl)[C@@H](C)C2)nc1-c1cnc(NCCOC)cn1. The third kappa shape index (κ3) is 6.63. The Morgan fingerprint density at radius 2 is 2.05 bits per heavy atom. The average Bonchev–Trinajstić information content (AvgIpc) is 3.48. The third-order valence-corrected chi connectivity index (χ3v) is 8.40. The number of thiazole rings is 1. The molecule has 39 heavy (non-hydrogen) atoms. The number of carbonyl (C=O) groups is 2. The Morgan fingerprint density at radius 3 is 2.67 bits per heavy atom. The molecule has 0 spiro atoms. The fourth-order valence-electron chi connectivity index (χ4n) is 4.28. The number of amides is 1. The highest BCUT2D eigenvalue weighted by molar-refractivity contribution is 7.17. The van der Waals surface area contributed by atoms with Crippen LogP contribution in [0.3, 0.4) is 0 Å². The summed E-state index contributed by atoms with van der Waals surface area (Å²) >= 11 is 13.6. The number of methoxy groups -OCH3 is 1. The predicted molar refractivity (Wildman–Crippen MR) is 152 cm³/mol. The zero-order valence-corrected chi connectivity index (χ0v) is 24.5. The molecule has 210 valence electrons. The second kappa shape index (κ2) is 12.9. The van der Waals surface area contributed by atoms with Crippen LogP contribution in [0.15, 0.2) is 12.4 Å². The molecule has 0 aliphatic carbocycles. The highest BCUT2D eigenvalue weighted by Crippen LogP contribution is 2.35. The van der Waals surface area contributed by atoms with Crippen molar-refractivity contribution < 1.29 is 19.1 Å². The van der Waals surface area contributed by atoms with E-state index in [1.54, 1.807) is 33.4 Å². The Hall–Kier alpha value is -2.93. The lowest BCUT2D eigenvalue weighted by Gasteiger charge is -2.37. The highest BCUT2D eigenvalue weighted by Gasteiger charge is 2.32. The molecule has 1 aliphatic heterocycles. The Labute approximate surface area is 240 Å². The van der Waals surface area contributed by atoms with Crippen LogP contribution in [0.1, 0.15) is 46.1 Å². The molecule has 0 bridgehead atoms. The minimum Gasteiger partial charge on any atom is -0.462 e. The molecule has 3 N–H and O–H groups in total. The van der Waals surface area contributed by atoms with Gasteiger partial charge in [0, 0.05) is 38.5 Å². The summed E-state index contributed by atoms with van der Waals surface area (Å²) in [5.74, 6) is -0.0453. The van der Waals surface area contributed by atoms with E-state index in [-0.39, 0.29) is 35.2 Å². The minimum absolute atomic E-state index is 0.0693. The number of ether oxygens (including phenoxy) is 2. The maximum Gasteiger partial charge on any atom is 0.350 e. The van der Waals surface area contributed by atoms with E-state index in [1.165, 1.54) is 11.3 Å². The first kappa shape index (κ1) is 29.1. The summed E-state index contributed by atoms with van der Waals surface area (Å²) in [7, 11) is 1.63. The number of nitrogens with zero attached hydrogens (tertiary/aromatic N) is 4. The first-order valence-electron chi connectivity index (χ1n) is 12.6. The Morgan fingerprint density at radius 1 is 1.26 bits per heavy atom. The topological polar surface area (TPSA) is 134 Å². The molecule has 1 saturated heterocycles. The van der Waals surface area contributed by atoms with Crippen LogP contribution < -0.4 is 15.5 Å². The number of aromatic amines is 1. The molecular weight excluding hydrogens is 565 g/mol. The normalized spacial score (nSPS) is 17.2. The number of anilines is 2. The molecule has 0 saturated carbocycles. The largest absolute Gasteiger partial charge is 0.462 e. The van der Waals surface area contributed by atoms with Crippen molar-refractivity contribution in [3.8, 4) is 11.4 Å². The van der Waals surface area contributed by atoms with Gasteiger partial charge >= 0.3 is 5.97 Å². The second-order valence-corrected chi connectivity index (χ2v) is 10.9. The number of rotatable bonds is 10. The van der Waals surface area contributed by atoms with E-state index in [0.29, 0.717) is 70.6 Å². The molecule has 4 rings (SSSR count). The van der Waals surface area contributed by atoms with Crippen LogP contribution in [0, 0.1) is 12.8 Å². The summed E-state index contributed by atoms with van der Waals surface area (Å²) in [5.41, 5.74) is 1.82. The maximum absolute atomic E-state index is 12.9. The Bertz CT molecular complexity index is 1310. The summed E-state index contributed by atoms with van der Waals surface area (Å²) in [6.45, 7) is 8.24. The third-order valence-electron chi connectivity index (χ3n) is 6.36. The summed E-state index contributed by atoms with van der Waals surface area (Å²) in [6, 6.07) is -0.0693. The van der Waals surface area contributed by atoms with Gasteiger partial charge in [-0.2, -0.15) is 0 Å². The van der Waals surface area contributed by atoms with Crippen LogP contribution in [0.4, 0.5) is 10.9 Å². The van der Waals surface area contributed by atoms with Gasteiger partial charge < -0.3 is 30.0 Å². The van der Waals surface area contributed by atoms with E-state index in [2.05, 4.69) is 37.4 Å². The highest BCUT2D eigenvalue weighted by atomic mass is 35.5. The molecule has 3 aromatic rings. The smallest absolute Gasteiger partial charge is 0.350 e. The van der Waals surface area contributed by atoms with Crippen LogP contribution in [-0.2, 0) is 9.47 Å². The van der Waals surface area contributed by atoms with Gasteiger partial charge in [0.2, 0.25) is 0 Å². The number of esters is 1. The summed E-state index contributed by atoms with van der Waals surface area (Å²) in [6.07, 6.45) is 3.87. The van der Waals surface area contributed by atoms with E-state index in [9.17, 15) is 9.59 Å². The van der Waals surface area contributed by atoms with Crippen molar-refractivity contribution in [2.24, 2.45) is 5.92 Å². The number of nitrogens with one attached hydrogen (secondary N) is 3. The number of hydrogen-bond donors (Lipinski definition) is 3. The van der Waals surface area contributed by atoms with Gasteiger partial charge in [-0.1, -0.05) is 41.5 Å². The zero-order chi connectivity index (χ0) is 28.1. The number of carbonyl (C=O) groups excluding carboxylic acids is 2. The van der Waals surface area contributed by atoms with Crippen molar-refractivity contribution in [1.29, 1.82) is 0 Å². The lowest BCUT2D eigenvalue weighted by Crippen LogP contribution is -2.50. The van der Waals surface area contributed by atoms with Crippen molar-refractivity contribution in [1.82, 2.24) is 25.3 Å². The van der Waals surface area contributed by atoms with Crippen molar-refractivity contribution in [2.45, 2.75) is 33.2 Å². The minimum atomic E-state index is -0.452. The van der Waals surface area contributed by atoms with E-state index < -0.39 is 5.97 Å². The molecule has 1 aliphatic rings. The van der Waals surface area contributed by atoms with Crippen LogP contribution in [0.2, 0.25) is 10.0 Å². The van der Waals surface area contributed by atoms with Gasteiger partial charge in [0.05, 0.1) is 35.7 Å². The zero-order valence-electron chi connectivity index (χ0n) is 22.1. The predicted octanol–water partition coefficient (Wildman–Crippen LogP) is 4.42. The lowest BCUT2D eigenvalue weighted by molar-refractivity contribution is 0.0532. The first-order valence-corrected chi connectivity index (χ1v) is 14.1. The van der Waals surface area contributed by atoms with Crippen molar-refractivity contribution >= 4 is 57.4 Å². The van der Waals surface area contributed by atoms with Crippen molar-refractivity contribution in [3.63, 3.8) is 0 Å². The number of aromatic nitrogens is 4. The van der Waals surface area contributed by atoms with Gasteiger partial charge in [-0.3, -0.25) is 4.79 Å². The Balaban J connectivity index is 1.49. The molecule has 1 amide bonds. The molecule has 1 unspecified atom stereocenters. The van der Waals surface area contributed by atoms with Gasteiger partial charge in [-0.05, 0) is 26.2 Å². The van der Waals surface area contributed by atoms with Gasteiger partial charge in [0.25, 0.3) is 5.91 Å². The maximum atomic E-state index is 12.9. The summed E-state index contributed by atoms with van der Waals surface area (Å²) in [5, 5.41) is 7.45. The van der Waals surface area contributed by atoms with E-state index in [1.807, 2.05) is 0 Å². The van der Waals surface area contributed by atoms with Crippen LogP contribution in [0.5, 0.6) is 0 Å². The molecule has 14 heteroatoms. The fraction of sp³-hybridized carbons (Fsp3) is 0.480. The van der Waals surface area contributed by atoms with E-state index in [0.717, 1.165) is 0 Å². The Kier molecular flexibility index (Phi) is 9.65. The summed E-state index contributed by atoms with van der Waals surface area (Å²) in [4.78, 5) is 44.7. The van der Waals surface area contributed by atoms with Crippen molar-refractivity contribution in [3.05, 3.63) is 38.7 Å². The van der Waals surface area contributed by atoms with Gasteiger partial charge in [0.15, 0.2) is 5.13 Å². The van der Waals surface area contributed by atoms with Crippen LogP contribution in [0.25, 0.3) is 11.4 Å². The number of halogens is 2. The molecule has 0 aromatic carbocycles. The molecule has 4 heterocycles. The van der Waals surface area contributed by atoms with Gasteiger partial charge in [-0.15, -0.1) is 0 Å².